The molecule has 3 rings (SSSR count). The number of nitrogens with zero attached hydrogens (tertiary/aromatic N) is 1. The van der Waals surface area contributed by atoms with E-state index in [0.29, 0.717) is 6.42 Å². The van der Waals surface area contributed by atoms with Crippen molar-refractivity contribution < 1.29 is 4.79 Å². The summed E-state index contributed by atoms with van der Waals surface area (Å²) >= 11 is 4.95. The fourth-order valence-electron chi connectivity index (χ4n) is 2.64. The van der Waals surface area contributed by atoms with Crippen LogP contribution in [0.25, 0.3) is 0 Å². The van der Waals surface area contributed by atoms with E-state index in [1.165, 1.54) is 16.7 Å². The van der Waals surface area contributed by atoms with Crippen LogP contribution in [-0.2, 0) is 17.0 Å². The van der Waals surface area contributed by atoms with Gasteiger partial charge in [-0.1, -0.05) is 47.7 Å². The second kappa shape index (κ2) is 9.44. The van der Waals surface area contributed by atoms with Gasteiger partial charge in [0.2, 0.25) is 5.91 Å². The molecule has 0 aliphatic heterocycles. The third-order valence-electron chi connectivity index (χ3n) is 4.11. The molecule has 0 spiro atoms. The summed E-state index contributed by atoms with van der Waals surface area (Å²) < 4.78 is 1.00. The number of hydrogen-bond donors (Lipinski definition) is 1. The maximum atomic E-state index is 12.4. The summed E-state index contributed by atoms with van der Waals surface area (Å²) in [5, 5.41) is 4.97. The molecule has 0 unspecified atom stereocenters. The summed E-state index contributed by atoms with van der Waals surface area (Å²) in [6, 6.07) is 14.4. The molecule has 1 heterocycles. The van der Waals surface area contributed by atoms with Gasteiger partial charge in [0.25, 0.3) is 0 Å². The predicted molar refractivity (Wildman–Crippen MR) is 118 cm³/mol. The Morgan fingerprint density at radius 1 is 1.19 bits per heavy atom. The highest BCUT2D eigenvalue weighted by molar-refractivity contribution is 8.00. The molecule has 3 aromatic rings. The lowest BCUT2D eigenvalue weighted by Gasteiger charge is -2.08. The van der Waals surface area contributed by atoms with Crippen LogP contribution in [0, 0.1) is 13.8 Å². The molecule has 2 aromatic carbocycles. The van der Waals surface area contributed by atoms with Gasteiger partial charge >= 0.3 is 0 Å². The van der Waals surface area contributed by atoms with Gasteiger partial charge in [-0.2, -0.15) is 0 Å². The molecule has 6 heteroatoms. The molecule has 0 aliphatic rings. The van der Waals surface area contributed by atoms with E-state index in [-0.39, 0.29) is 5.91 Å². The number of thiazole rings is 1. The van der Waals surface area contributed by atoms with E-state index in [1.54, 1.807) is 34.9 Å². The number of aryl methyl sites for hydroxylation is 2. The first kappa shape index (κ1) is 20.0. The first-order chi connectivity index (χ1) is 13.0. The monoisotopic (exact) mass is 414 g/mol. The molecule has 1 N–H and O–H groups in total. The topological polar surface area (TPSA) is 42.0 Å². The van der Waals surface area contributed by atoms with E-state index in [1.807, 2.05) is 35.9 Å². The molecule has 3 nitrogen and oxygen atoms in total. The summed E-state index contributed by atoms with van der Waals surface area (Å²) in [6.07, 6.45) is 2.30. The highest BCUT2D eigenvalue weighted by atomic mass is 32.2. The maximum Gasteiger partial charge on any atom is 0.230 e. The standard InChI is InChI=1S/C21H22N2OS3/c1-14-8-9-15(2)16(10-14)12-26-21-22-17(13-27-21)11-20(24)23-18-6-4-5-7-19(18)25-3/h4-10,13H,11-12H2,1-3H3,(H,23,24). The van der Waals surface area contributed by atoms with Crippen molar-refractivity contribution in [1.82, 2.24) is 4.98 Å². The van der Waals surface area contributed by atoms with Gasteiger partial charge in [0.05, 0.1) is 17.8 Å². The average Bonchev–Trinajstić information content (AvgIpc) is 3.10. The highest BCUT2D eigenvalue weighted by Gasteiger charge is 2.11. The Morgan fingerprint density at radius 3 is 2.81 bits per heavy atom. The maximum absolute atomic E-state index is 12.4. The minimum absolute atomic E-state index is 0.0344. The van der Waals surface area contributed by atoms with Gasteiger partial charge in [-0.05, 0) is 43.4 Å². The van der Waals surface area contributed by atoms with Gasteiger partial charge < -0.3 is 5.32 Å². The van der Waals surface area contributed by atoms with Crippen molar-refractivity contribution in [1.29, 1.82) is 0 Å². The van der Waals surface area contributed by atoms with Gasteiger partial charge in [-0.25, -0.2) is 4.98 Å². The molecule has 1 amide bonds. The van der Waals surface area contributed by atoms with Crippen LogP contribution in [0.3, 0.4) is 0 Å². The molecular formula is C21H22N2OS3. The molecule has 0 atom stereocenters. The molecule has 1 aromatic heterocycles. The molecular weight excluding hydrogens is 392 g/mol. The lowest BCUT2D eigenvalue weighted by atomic mass is 10.1. The molecule has 140 valence electrons. The number of para-hydroxylation sites is 1. The average molecular weight is 415 g/mol. The zero-order valence-corrected chi connectivity index (χ0v) is 18.1. The molecule has 0 saturated heterocycles. The summed E-state index contributed by atoms with van der Waals surface area (Å²) in [7, 11) is 0. The summed E-state index contributed by atoms with van der Waals surface area (Å²) in [6.45, 7) is 4.25. The number of nitrogens with one attached hydrogen (secondary N) is 1. The number of amides is 1. The summed E-state index contributed by atoms with van der Waals surface area (Å²) in [4.78, 5) is 18.0. The Hall–Kier alpha value is -1.76. The Morgan fingerprint density at radius 2 is 2.00 bits per heavy atom. The smallest absolute Gasteiger partial charge is 0.230 e. The third kappa shape index (κ3) is 5.61. The molecule has 0 saturated carbocycles. The van der Waals surface area contributed by atoms with E-state index >= 15 is 0 Å². The van der Waals surface area contributed by atoms with Crippen LogP contribution in [0.5, 0.6) is 0 Å². The second-order valence-corrected chi connectivity index (χ2v) is 9.18. The first-order valence-corrected chi connectivity index (χ1v) is 11.7. The number of thioether (sulfide) groups is 2. The molecule has 0 bridgehead atoms. The van der Waals surface area contributed by atoms with E-state index in [2.05, 4.69) is 42.3 Å². The number of rotatable bonds is 7. The van der Waals surface area contributed by atoms with Gasteiger partial charge in [0.1, 0.15) is 4.34 Å². The Balaban J connectivity index is 1.57. The molecule has 0 aliphatic carbocycles. The van der Waals surface area contributed by atoms with Crippen molar-refractivity contribution in [2.24, 2.45) is 0 Å². The van der Waals surface area contributed by atoms with Crippen LogP contribution in [0.2, 0.25) is 0 Å². The number of carbonyl (C=O) groups excluding carboxylic acids is 1. The van der Waals surface area contributed by atoms with Crippen molar-refractivity contribution in [2.45, 2.75) is 35.3 Å². The van der Waals surface area contributed by atoms with Crippen molar-refractivity contribution >= 4 is 46.5 Å². The van der Waals surface area contributed by atoms with E-state index in [4.69, 9.17) is 0 Å². The van der Waals surface area contributed by atoms with Crippen molar-refractivity contribution in [3.05, 3.63) is 70.2 Å². The summed E-state index contributed by atoms with van der Waals surface area (Å²) in [5.41, 5.74) is 5.59. The quantitative estimate of drug-likeness (QED) is 0.485. The Kier molecular flexibility index (Phi) is 6.99. The van der Waals surface area contributed by atoms with Crippen LogP contribution in [-0.4, -0.2) is 17.1 Å². The van der Waals surface area contributed by atoms with Crippen LogP contribution >= 0.6 is 34.9 Å². The first-order valence-electron chi connectivity index (χ1n) is 8.61. The zero-order valence-electron chi connectivity index (χ0n) is 15.6. The minimum Gasteiger partial charge on any atom is -0.325 e. The van der Waals surface area contributed by atoms with Crippen LogP contribution < -0.4 is 5.32 Å². The number of carbonyl (C=O) groups is 1. The SMILES string of the molecule is CSc1ccccc1NC(=O)Cc1csc(SCc2cc(C)ccc2C)n1. The van der Waals surface area contributed by atoms with Gasteiger partial charge in [-0.3, -0.25) is 4.79 Å². The third-order valence-corrected chi connectivity index (χ3v) is 7.02. The van der Waals surface area contributed by atoms with Crippen molar-refractivity contribution in [2.75, 3.05) is 11.6 Å². The predicted octanol–water partition coefficient (Wildman–Crippen LogP) is 5.96. The highest BCUT2D eigenvalue weighted by Crippen LogP contribution is 2.28. The van der Waals surface area contributed by atoms with Gasteiger partial charge in [0, 0.05) is 16.0 Å². The molecule has 27 heavy (non-hydrogen) atoms. The van der Waals surface area contributed by atoms with Crippen molar-refractivity contribution in [3.8, 4) is 0 Å². The van der Waals surface area contributed by atoms with E-state index in [9.17, 15) is 4.79 Å². The number of benzene rings is 2. The second-order valence-electron chi connectivity index (χ2n) is 6.25. The fraction of sp³-hybridized carbons (Fsp3) is 0.238. The van der Waals surface area contributed by atoms with Crippen LogP contribution in [0.1, 0.15) is 22.4 Å². The Bertz CT molecular complexity index is 937. The number of hydrogen-bond acceptors (Lipinski definition) is 5. The number of aromatic nitrogens is 1. The van der Waals surface area contributed by atoms with Gasteiger partial charge in [-0.15, -0.1) is 23.1 Å². The summed E-state index contributed by atoms with van der Waals surface area (Å²) in [5.74, 6) is 0.862. The fourth-order valence-corrected chi connectivity index (χ4v) is 5.10. The van der Waals surface area contributed by atoms with Crippen molar-refractivity contribution in [3.63, 3.8) is 0 Å². The Labute approximate surface area is 173 Å². The lowest BCUT2D eigenvalue weighted by Crippen LogP contribution is -2.15. The molecule has 0 fully saturated rings. The number of anilines is 1. The van der Waals surface area contributed by atoms with Crippen LogP contribution in [0.4, 0.5) is 5.69 Å². The largest absolute Gasteiger partial charge is 0.325 e. The normalized spacial score (nSPS) is 10.8. The zero-order chi connectivity index (χ0) is 19.2. The van der Waals surface area contributed by atoms with Crippen LogP contribution in [0.15, 0.2) is 57.1 Å². The molecule has 0 radical (unpaired) electrons. The minimum atomic E-state index is -0.0344. The van der Waals surface area contributed by atoms with Gasteiger partial charge in [0.15, 0.2) is 0 Å². The van der Waals surface area contributed by atoms with E-state index in [0.717, 1.165) is 26.4 Å². The lowest BCUT2D eigenvalue weighted by molar-refractivity contribution is -0.115. The van der Waals surface area contributed by atoms with E-state index < -0.39 is 0 Å².